The molecule has 6 rings (SSSR count). The van der Waals surface area contributed by atoms with Gasteiger partial charge in [0.05, 0.1) is 24.5 Å². The SMILES string of the molecule is COc1cc([C@H]2[C@H]3C(=O)N(c4ccc(F)cc4)C(=O)[C@@H]3ON2c2ccccc2)ccc1OC(=O)c1ccnn1C. The minimum Gasteiger partial charge on any atom is -0.493 e. The van der Waals surface area contributed by atoms with Crippen LogP contribution in [0.3, 0.4) is 0 Å². The molecule has 3 heterocycles. The maximum Gasteiger partial charge on any atom is 0.362 e. The van der Waals surface area contributed by atoms with Crippen LogP contribution in [0.1, 0.15) is 22.1 Å². The number of hydrogen-bond donors (Lipinski definition) is 0. The van der Waals surface area contributed by atoms with Gasteiger partial charge in [0, 0.05) is 13.2 Å². The van der Waals surface area contributed by atoms with Crippen LogP contribution in [0.2, 0.25) is 0 Å². The Morgan fingerprint density at radius 1 is 0.925 bits per heavy atom. The van der Waals surface area contributed by atoms with Crippen molar-refractivity contribution in [2.24, 2.45) is 13.0 Å². The molecule has 1 aromatic heterocycles. The smallest absolute Gasteiger partial charge is 0.362 e. The molecule has 0 N–H and O–H groups in total. The summed E-state index contributed by atoms with van der Waals surface area (Å²) in [5, 5.41) is 5.53. The third-order valence-electron chi connectivity index (χ3n) is 6.97. The third kappa shape index (κ3) is 4.16. The van der Waals surface area contributed by atoms with Gasteiger partial charge in [0.25, 0.3) is 5.91 Å². The number of amides is 2. The van der Waals surface area contributed by atoms with Gasteiger partial charge >= 0.3 is 5.97 Å². The lowest BCUT2D eigenvalue weighted by molar-refractivity contribution is -0.126. The molecule has 0 bridgehead atoms. The number of imide groups is 1. The number of ether oxygens (including phenoxy) is 2. The number of hydrogen-bond acceptors (Lipinski definition) is 8. The standard InChI is InChI=1S/C29H23FN4O6/c1-32-21(14-15-31-32)29(37)39-22-13-8-17(16-23(22)38-2)25-24-26(40-34(25)20-6-4-3-5-7-20)28(36)33(27(24)35)19-11-9-18(30)10-12-19/h3-16,24-26H,1-2H3/t24-,25+,26-/m1/s1. The highest BCUT2D eigenvalue weighted by atomic mass is 19.1. The van der Waals surface area contributed by atoms with Gasteiger partial charge in [-0.1, -0.05) is 24.3 Å². The Kier molecular flexibility index (Phi) is 6.27. The number of rotatable bonds is 6. The molecule has 4 aromatic rings. The molecule has 10 nitrogen and oxygen atoms in total. The van der Waals surface area contributed by atoms with Crippen molar-refractivity contribution in [3.8, 4) is 11.5 Å². The Morgan fingerprint density at radius 2 is 1.68 bits per heavy atom. The zero-order valence-corrected chi connectivity index (χ0v) is 21.4. The number of carbonyl (C=O) groups excluding carboxylic acids is 3. The molecule has 2 fully saturated rings. The number of carbonyl (C=O) groups is 3. The van der Waals surface area contributed by atoms with Gasteiger partial charge in [-0.05, 0) is 60.2 Å². The number of anilines is 2. The van der Waals surface area contributed by atoms with Gasteiger partial charge in [-0.15, -0.1) is 0 Å². The predicted molar refractivity (Wildman–Crippen MR) is 140 cm³/mol. The number of halogens is 1. The minimum absolute atomic E-state index is 0.168. The molecule has 0 unspecified atom stereocenters. The summed E-state index contributed by atoms with van der Waals surface area (Å²) in [5.41, 5.74) is 1.75. The molecule has 0 spiro atoms. The van der Waals surface area contributed by atoms with Gasteiger partial charge in [-0.3, -0.25) is 19.1 Å². The first-order chi connectivity index (χ1) is 19.4. The summed E-state index contributed by atoms with van der Waals surface area (Å²) < 4.78 is 26.0. The van der Waals surface area contributed by atoms with Crippen LogP contribution >= 0.6 is 0 Å². The molecule has 202 valence electrons. The van der Waals surface area contributed by atoms with Crippen molar-refractivity contribution in [1.29, 1.82) is 0 Å². The lowest BCUT2D eigenvalue weighted by Crippen LogP contribution is -2.37. The molecule has 0 radical (unpaired) electrons. The van der Waals surface area contributed by atoms with Crippen molar-refractivity contribution < 1.29 is 33.1 Å². The van der Waals surface area contributed by atoms with E-state index in [0.717, 1.165) is 4.90 Å². The summed E-state index contributed by atoms with van der Waals surface area (Å²) >= 11 is 0. The quantitative estimate of drug-likeness (QED) is 0.206. The Morgan fingerprint density at radius 3 is 2.35 bits per heavy atom. The summed E-state index contributed by atoms with van der Waals surface area (Å²) in [6, 6.07) is 19.9. The van der Waals surface area contributed by atoms with Gasteiger partial charge in [0.2, 0.25) is 5.91 Å². The monoisotopic (exact) mass is 542 g/mol. The number of benzene rings is 3. The van der Waals surface area contributed by atoms with Crippen molar-refractivity contribution >= 4 is 29.2 Å². The second kappa shape index (κ2) is 9.93. The number of methoxy groups -OCH3 is 1. The summed E-state index contributed by atoms with van der Waals surface area (Å²) in [7, 11) is 3.06. The van der Waals surface area contributed by atoms with Gasteiger partial charge in [0.15, 0.2) is 17.6 Å². The first kappa shape index (κ1) is 25.3. The lowest BCUT2D eigenvalue weighted by Gasteiger charge is -2.29. The van der Waals surface area contributed by atoms with Crippen molar-refractivity contribution in [1.82, 2.24) is 9.78 Å². The molecule has 11 heteroatoms. The molecule has 3 aromatic carbocycles. The molecule has 2 aliphatic heterocycles. The summed E-state index contributed by atoms with van der Waals surface area (Å²) in [5.74, 6) is -2.62. The second-order valence-corrected chi connectivity index (χ2v) is 9.29. The van der Waals surface area contributed by atoms with Gasteiger partial charge in [-0.25, -0.2) is 19.1 Å². The number of hydroxylamine groups is 1. The van der Waals surface area contributed by atoms with E-state index in [4.69, 9.17) is 14.3 Å². The Labute approximate surface area is 228 Å². The van der Waals surface area contributed by atoms with E-state index >= 15 is 0 Å². The normalized spacial score (nSPS) is 20.1. The van der Waals surface area contributed by atoms with Crippen molar-refractivity contribution in [2.75, 3.05) is 17.1 Å². The molecule has 0 saturated carbocycles. The van der Waals surface area contributed by atoms with Crippen LogP contribution < -0.4 is 19.4 Å². The Hall–Kier alpha value is -5.03. The maximum atomic E-state index is 13.8. The Bertz CT molecular complexity index is 1610. The highest BCUT2D eigenvalue weighted by Crippen LogP contribution is 2.48. The van der Waals surface area contributed by atoms with Crippen LogP contribution in [-0.4, -0.2) is 40.8 Å². The molecule has 2 saturated heterocycles. The highest BCUT2D eigenvalue weighted by molar-refractivity contribution is 6.23. The van der Waals surface area contributed by atoms with Gasteiger partial charge in [0.1, 0.15) is 17.4 Å². The third-order valence-corrected chi connectivity index (χ3v) is 6.97. The summed E-state index contributed by atoms with van der Waals surface area (Å²) in [6.45, 7) is 0. The van der Waals surface area contributed by atoms with E-state index in [1.165, 1.54) is 48.3 Å². The number of aryl methyl sites for hydroxylation is 1. The van der Waals surface area contributed by atoms with E-state index in [1.54, 1.807) is 30.3 Å². The number of aromatic nitrogens is 2. The average Bonchev–Trinajstić information content (AvgIpc) is 3.64. The first-order valence-electron chi connectivity index (χ1n) is 12.4. The van der Waals surface area contributed by atoms with Crippen LogP contribution in [0.25, 0.3) is 0 Å². The minimum atomic E-state index is -1.10. The summed E-state index contributed by atoms with van der Waals surface area (Å²) in [6.07, 6.45) is 0.386. The fourth-order valence-corrected chi connectivity index (χ4v) is 5.08. The van der Waals surface area contributed by atoms with E-state index in [9.17, 15) is 18.8 Å². The Balaban J connectivity index is 1.38. The van der Waals surface area contributed by atoms with E-state index in [0.29, 0.717) is 11.3 Å². The van der Waals surface area contributed by atoms with Crippen LogP contribution in [0.4, 0.5) is 15.8 Å². The lowest BCUT2D eigenvalue weighted by atomic mass is 9.90. The number of nitrogens with zero attached hydrogens (tertiary/aromatic N) is 4. The van der Waals surface area contributed by atoms with Gasteiger partial charge in [-0.2, -0.15) is 5.10 Å². The van der Waals surface area contributed by atoms with Gasteiger partial charge < -0.3 is 9.47 Å². The number of fused-ring (bicyclic) bond motifs is 1. The van der Waals surface area contributed by atoms with Crippen LogP contribution in [0.5, 0.6) is 11.5 Å². The molecule has 40 heavy (non-hydrogen) atoms. The maximum absolute atomic E-state index is 13.8. The molecule has 2 aliphatic rings. The predicted octanol–water partition coefficient (Wildman–Crippen LogP) is 3.84. The molecular weight excluding hydrogens is 519 g/mol. The van der Waals surface area contributed by atoms with Crippen molar-refractivity contribution in [2.45, 2.75) is 12.1 Å². The van der Waals surface area contributed by atoms with E-state index in [2.05, 4.69) is 5.10 Å². The first-order valence-corrected chi connectivity index (χ1v) is 12.4. The number of esters is 1. The largest absolute Gasteiger partial charge is 0.493 e. The van der Waals surface area contributed by atoms with E-state index in [-0.39, 0.29) is 22.9 Å². The topological polar surface area (TPSA) is 103 Å². The van der Waals surface area contributed by atoms with Crippen molar-refractivity contribution in [3.63, 3.8) is 0 Å². The molecule has 2 amide bonds. The van der Waals surface area contributed by atoms with Crippen LogP contribution in [0, 0.1) is 11.7 Å². The molecule has 0 aliphatic carbocycles. The van der Waals surface area contributed by atoms with Crippen LogP contribution in [-0.2, 0) is 21.5 Å². The zero-order valence-electron chi connectivity index (χ0n) is 21.4. The highest BCUT2D eigenvalue weighted by Gasteiger charge is 2.60. The van der Waals surface area contributed by atoms with E-state index in [1.807, 2.05) is 30.3 Å². The fourth-order valence-electron chi connectivity index (χ4n) is 5.08. The summed E-state index contributed by atoms with van der Waals surface area (Å²) in [4.78, 5) is 47.1. The molecular formula is C29H23FN4O6. The second-order valence-electron chi connectivity index (χ2n) is 9.29. The van der Waals surface area contributed by atoms with E-state index < -0.39 is 41.7 Å². The fraction of sp³-hybridized carbons (Fsp3) is 0.172. The number of para-hydroxylation sites is 1. The molecule has 3 atom stereocenters. The van der Waals surface area contributed by atoms with Crippen LogP contribution in [0.15, 0.2) is 85.1 Å². The van der Waals surface area contributed by atoms with Crippen molar-refractivity contribution in [3.05, 3.63) is 102 Å². The zero-order chi connectivity index (χ0) is 28.0. The average molecular weight is 543 g/mol.